The van der Waals surface area contributed by atoms with Crippen LogP contribution in [-0.2, 0) is 31.0 Å². The number of guanidine groups is 1. The number of carbonyl (C=O) groups is 4. The number of β-amino-alcohol motifs (C(OH)–C–C–N with tert-alkyl or cyclic N) is 1. The topological polar surface area (TPSA) is 231 Å². The van der Waals surface area contributed by atoms with Crippen molar-refractivity contribution in [3.63, 3.8) is 0 Å². The Kier molecular flexibility index (Phi) is 11.4. The molecule has 1 aromatic carbocycles. The summed E-state index contributed by atoms with van der Waals surface area (Å²) >= 11 is 0. The number of likely N-dealkylation sites (tertiary alicyclic amines) is 1. The molecule has 8 N–H and O–H groups in total. The van der Waals surface area contributed by atoms with E-state index in [0.717, 1.165) is 11.1 Å². The van der Waals surface area contributed by atoms with Gasteiger partial charge in [0.15, 0.2) is 23.6 Å². The molecule has 16 nitrogen and oxygen atoms in total. The van der Waals surface area contributed by atoms with Crippen molar-refractivity contribution in [1.29, 1.82) is 0 Å². The maximum absolute atomic E-state index is 13.3. The van der Waals surface area contributed by atoms with Gasteiger partial charge in [-0.3, -0.25) is 19.4 Å². The molecule has 1 aliphatic carbocycles. The van der Waals surface area contributed by atoms with Crippen LogP contribution in [0, 0.1) is 0 Å². The maximum Gasteiger partial charge on any atom is 0.414 e. The summed E-state index contributed by atoms with van der Waals surface area (Å²) in [5.41, 5.74) is 10.5. The Morgan fingerprint density at radius 3 is 2.69 bits per heavy atom. The summed E-state index contributed by atoms with van der Waals surface area (Å²) in [6.45, 7) is 3.45. The molecule has 3 amide bonds. The number of likely N-dealkylation sites (N-methyl/N-ethyl adjacent to an activating group) is 2. The number of aryl methyl sites for hydroxylation is 1. The first kappa shape index (κ1) is 36.3. The van der Waals surface area contributed by atoms with Crippen molar-refractivity contribution in [2.45, 2.75) is 68.6 Å². The number of carbonyl (C=O) groups excluding carboxylic acids is 3. The van der Waals surface area contributed by atoms with E-state index in [9.17, 15) is 24.3 Å². The van der Waals surface area contributed by atoms with Gasteiger partial charge in [-0.15, -0.1) is 0 Å². The second-order valence-corrected chi connectivity index (χ2v) is 12.5. The third-order valence-corrected chi connectivity index (χ3v) is 9.26. The van der Waals surface area contributed by atoms with Crippen molar-refractivity contribution in [3.05, 3.63) is 35.1 Å². The van der Waals surface area contributed by atoms with Crippen LogP contribution in [0.5, 0.6) is 11.5 Å². The van der Waals surface area contributed by atoms with E-state index in [1.54, 1.807) is 13.2 Å². The number of nitrogens with two attached hydrogens (primary N) is 2. The lowest BCUT2D eigenvalue weighted by Gasteiger charge is -2.55. The van der Waals surface area contributed by atoms with Gasteiger partial charge in [0.1, 0.15) is 18.2 Å². The fourth-order valence-electron chi connectivity index (χ4n) is 6.93. The molecule has 3 aliphatic rings. The molecule has 264 valence electrons. The fourth-order valence-corrected chi connectivity index (χ4v) is 6.93. The molecule has 1 saturated heterocycles. The number of nitrogens with one attached hydrogen (secondary N) is 2. The Morgan fingerprint density at radius 1 is 1.27 bits per heavy atom. The lowest BCUT2D eigenvalue weighted by Crippen LogP contribution is -2.68. The Bertz CT molecular complexity index is 1460. The van der Waals surface area contributed by atoms with Crippen molar-refractivity contribution in [2.24, 2.45) is 16.5 Å². The third kappa shape index (κ3) is 7.44. The number of amides is 3. The summed E-state index contributed by atoms with van der Waals surface area (Å²) < 4.78 is 18.2. The summed E-state index contributed by atoms with van der Waals surface area (Å²) in [4.78, 5) is 56.5. The van der Waals surface area contributed by atoms with Gasteiger partial charge in [0.2, 0.25) is 11.8 Å². The zero-order valence-corrected chi connectivity index (χ0v) is 27.9. The molecule has 48 heavy (non-hydrogen) atoms. The van der Waals surface area contributed by atoms with Gasteiger partial charge in [0.05, 0.1) is 18.1 Å². The Balaban J connectivity index is 1.44. The summed E-state index contributed by atoms with van der Waals surface area (Å²) in [6.07, 6.45) is 1.50. The second kappa shape index (κ2) is 15.1. The van der Waals surface area contributed by atoms with Crippen LogP contribution in [0.2, 0.25) is 0 Å². The van der Waals surface area contributed by atoms with Crippen LogP contribution in [0.25, 0.3) is 0 Å². The Labute approximate surface area is 279 Å². The highest BCUT2D eigenvalue weighted by Gasteiger charge is 2.67. The first-order chi connectivity index (χ1) is 22.8. The smallest absolute Gasteiger partial charge is 0.414 e. The average Bonchev–Trinajstić information content (AvgIpc) is 3.38. The van der Waals surface area contributed by atoms with Crippen LogP contribution < -0.4 is 31.6 Å². The molecule has 0 unspecified atom stereocenters. The summed E-state index contributed by atoms with van der Waals surface area (Å²) in [6, 6.07) is 2.81. The van der Waals surface area contributed by atoms with E-state index in [0.29, 0.717) is 49.6 Å². The SMILES string of the molecule is CCc1ccc(OC)c2c1[C@]13CCN(C)C[C@]1(O)CC=C(OC(=O)N(C)CCNC(=O)[C@H](CCCN=C(N)N)NC(=O)CC(=O)O)[C@@H]3O2. The van der Waals surface area contributed by atoms with E-state index in [-0.39, 0.29) is 38.4 Å². The summed E-state index contributed by atoms with van der Waals surface area (Å²) in [7, 11) is 5.05. The number of carboxylic acid groups (broad SMARTS) is 1. The monoisotopic (exact) mass is 673 g/mol. The van der Waals surface area contributed by atoms with Gasteiger partial charge < -0.3 is 56.3 Å². The first-order valence-electron chi connectivity index (χ1n) is 16.0. The molecule has 1 spiro atoms. The van der Waals surface area contributed by atoms with Crippen LogP contribution in [-0.4, -0.2) is 122 Å². The number of fused-ring (bicyclic) bond motifs is 1. The van der Waals surface area contributed by atoms with Gasteiger partial charge in [-0.2, -0.15) is 0 Å². The van der Waals surface area contributed by atoms with E-state index in [1.807, 2.05) is 26.1 Å². The number of rotatable bonds is 14. The molecule has 1 fully saturated rings. The quantitative estimate of drug-likeness (QED) is 0.0653. The zero-order chi connectivity index (χ0) is 35.2. The lowest BCUT2D eigenvalue weighted by molar-refractivity contribution is -0.141. The number of aliphatic carboxylic acids is 1. The van der Waals surface area contributed by atoms with Crippen molar-refractivity contribution in [3.8, 4) is 11.5 Å². The highest BCUT2D eigenvalue weighted by Crippen LogP contribution is 2.61. The minimum atomic E-state index is -1.33. The molecule has 2 aliphatic heterocycles. The predicted octanol–water partition coefficient (Wildman–Crippen LogP) is -0.192. The maximum atomic E-state index is 13.3. The highest BCUT2D eigenvalue weighted by molar-refractivity contribution is 5.96. The molecular weight excluding hydrogens is 626 g/mol. The molecule has 0 radical (unpaired) electrons. The van der Waals surface area contributed by atoms with Crippen molar-refractivity contribution in [1.82, 2.24) is 20.4 Å². The number of ether oxygens (including phenoxy) is 3. The van der Waals surface area contributed by atoms with Crippen LogP contribution in [0.3, 0.4) is 0 Å². The van der Waals surface area contributed by atoms with Gasteiger partial charge in [-0.05, 0) is 57.0 Å². The number of aliphatic hydroxyl groups is 1. The number of hydrogen-bond donors (Lipinski definition) is 6. The van der Waals surface area contributed by atoms with E-state index < -0.39 is 53.5 Å². The van der Waals surface area contributed by atoms with E-state index >= 15 is 0 Å². The molecule has 0 aromatic heterocycles. The van der Waals surface area contributed by atoms with Gasteiger partial charge in [-0.1, -0.05) is 13.0 Å². The molecule has 4 rings (SSSR count). The molecular formula is C32H47N7O9. The number of nitrogens with zero attached hydrogens (tertiary/aromatic N) is 3. The Morgan fingerprint density at radius 2 is 2.02 bits per heavy atom. The van der Waals surface area contributed by atoms with E-state index in [1.165, 1.54) is 11.9 Å². The standard InChI is InChI=1S/C32H47N7O9/c1-5-19-8-9-21(46-4)26-25(19)32-12-15-38(2)18-31(32,45)11-10-22(27(32)48-26)47-30(44)39(3)16-14-35-28(43)20(7-6-13-36-29(33)34)37-23(40)17-24(41)42/h8-10,20,27,45H,5-7,11-18H2,1-4H3,(H,35,43)(H,37,40)(H,41,42)(H4,33,34,36)/t20-,27-,31+,32-/m0/s1. The normalized spacial score (nSPS) is 23.2. The van der Waals surface area contributed by atoms with Gasteiger partial charge in [0, 0.05) is 45.2 Å². The molecule has 16 heteroatoms. The third-order valence-electron chi connectivity index (χ3n) is 9.26. The van der Waals surface area contributed by atoms with E-state index in [2.05, 4.69) is 20.5 Å². The van der Waals surface area contributed by atoms with Gasteiger partial charge in [0.25, 0.3) is 0 Å². The van der Waals surface area contributed by atoms with Crippen LogP contribution in [0.4, 0.5) is 4.79 Å². The van der Waals surface area contributed by atoms with E-state index in [4.69, 9.17) is 30.8 Å². The Hall–Kier alpha value is -4.57. The largest absolute Gasteiger partial charge is 0.493 e. The number of carboxylic acids is 1. The predicted molar refractivity (Wildman–Crippen MR) is 174 cm³/mol. The van der Waals surface area contributed by atoms with Crippen molar-refractivity contribution >= 4 is 29.8 Å². The molecule has 2 heterocycles. The van der Waals surface area contributed by atoms with Crippen LogP contribution >= 0.6 is 0 Å². The van der Waals surface area contributed by atoms with Crippen LogP contribution in [0.15, 0.2) is 29.0 Å². The minimum Gasteiger partial charge on any atom is -0.493 e. The second-order valence-electron chi connectivity index (χ2n) is 12.5. The number of piperidine rings is 1. The fraction of sp³-hybridized carbons (Fsp3) is 0.594. The van der Waals surface area contributed by atoms with Crippen molar-refractivity contribution < 1.29 is 43.6 Å². The minimum absolute atomic E-state index is 0.0150. The summed E-state index contributed by atoms with van der Waals surface area (Å²) in [5.74, 6) is -1.43. The lowest BCUT2D eigenvalue weighted by atomic mass is 9.56. The molecule has 4 atom stereocenters. The molecule has 0 saturated carbocycles. The number of hydrogen-bond acceptors (Lipinski definition) is 10. The first-order valence-corrected chi connectivity index (χ1v) is 16.0. The molecule has 0 bridgehead atoms. The number of benzene rings is 1. The highest BCUT2D eigenvalue weighted by atomic mass is 16.6. The zero-order valence-electron chi connectivity index (χ0n) is 27.9. The molecule has 1 aromatic rings. The van der Waals surface area contributed by atoms with Gasteiger partial charge >= 0.3 is 12.1 Å². The number of aliphatic imine (C=N–C) groups is 1. The van der Waals surface area contributed by atoms with Crippen LogP contribution in [0.1, 0.15) is 50.2 Å². The number of methoxy groups -OCH3 is 1. The van der Waals surface area contributed by atoms with Gasteiger partial charge in [-0.25, -0.2) is 4.79 Å². The summed E-state index contributed by atoms with van der Waals surface area (Å²) in [5, 5.41) is 26.3. The van der Waals surface area contributed by atoms with Crippen molar-refractivity contribution in [2.75, 3.05) is 53.9 Å². The average molecular weight is 674 g/mol.